The van der Waals surface area contributed by atoms with E-state index in [4.69, 9.17) is 0 Å². The monoisotopic (exact) mass is 322 g/mol. The molecule has 124 valence electrons. The van der Waals surface area contributed by atoms with Crippen molar-refractivity contribution < 1.29 is 0 Å². The van der Waals surface area contributed by atoms with Crippen molar-refractivity contribution in [3.8, 4) is 0 Å². The number of piperazine rings is 1. The van der Waals surface area contributed by atoms with Crippen molar-refractivity contribution in [3.63, 3.8) is 0 Å². The van der Waals surface area contributed by atoms with E-state index < -0.39 is 0 Å². The quantitative estimate of drug-likeness (QED) is 0.803. The van der Waals surface area contributed by atoms with Crippen LogP contribution >= 0.6 is 0 Å². The number of nitrogens with zero attached hydrogens (tertiary/aromatic N) is 5. The highest BCUT2D eigenvalue weighted by molar-refractivity contribution is 5.61. The molecule has 1 N–H and O–H groups in total. The van der Waals surface area contributed by atoms with Gasteiger partial charge in [-0.05, 0) is 50.4 Å². The average Bonchev–Trinajstić information content (AvgIpc) is 2.96. The molecule has 1 saturated heterocycles. The number of anilines is 3. The maximum atomic E-state index is 4.54. The van der Waals surface area contributed by atoms with Crippen molar-refractivity contribution in [1.29, 1.82) is 0 Å². The first kappa shape index (κ1) is 15.0. The number of aryl methyl sites for hydroxylation is 1. The second kappa shape index (κ2) is 6.13. The minimum atomic E-state index is 0.812. The lowest BCUT2D eigenvalue weighted by atomic mass is 10.2. The Balaban J connectivity index is 1.48. The van der Waals surface area contributed by atoms with E-state index in [1.54, 1.807) is 4.52 Å². The van der Waals surface area contributed by atoms with Crippen molar-refractivity contribution >= 4 is 22.8 Å². The molecule has 1 fully saturated rings. The molecule has 24 heavy (non-hydrogen) atoms. The van der Waals surface area contributed by atoms with E-state index in [1.165, 1.54) is 5.69 Å². The van der Waals surface area contributed by atoms with Crippen LogP contribution in [-0.4, -0.2) is 52.7 Å². The Morgan fingerprint density at radius 3 is 2.46 bits per heavy atom. The normalized spacial score (nSPS) is 15.8. The number of likely N-dealkylation sites (N-methyl/N-ethyl adjacent to an activating group) is 1. The molecule has 3 aromatic rings. The summed E-state index contributed by atoms with van der Waals surface area (Å²) in [6.45, 7) is 6.38. The van der Waals surface area contributed by atoms with E-state index in [1.807, 2.05) is 25.3 Å². The van der Waals surface area contributed by atoms with Gasteiger partial charge < -0.3 is 15.1 Å². The first-order valence-corrected chi connectivity index (χ1v) is 8.31. The third kappa shape index (κ3) is 3.05. The number of rotatable bonds is 3. The third-order valence-corrected chi connectivity index (χ3v) is 4.45. The van der Waals surface area contributed by atoms with Crippen LogP contribution in [0.4, 0.5) is 17.2 Å². The number of fused-ring (bicyclic) bond motifs is 1. The standard InChI is InChI=1S/C18H22N6/c1-14-13-24-18(19-14)8-7-17(21-24)20-15-3-5-16(6-4-15)23-11-9-22(2)10-12-23/h3-8,13H,9-12H2,1-2H3,(H,20,21). The van der Waals surface area contributed by atoms with Crippen LogP contribution in [0.2, 0.25) is 0 Å². The van der Waals surface area contributed by atoms with Gasteiger partial charge in [0.1, 0.15) is 0 Å². The molecular formula is C18H22N6. The van der Waals surface area contributed by atoms with E-state index in [0.29, 0.717) is 0 Å². The first-order chi connectivity index (χ1) is 11.7. The number of hydrogen-bond acceptors (Lipinski definition) is 5. The number of nitrogens with one attached hydrogen (secondary N) is 1. The lowest BCUT2D eigenvalue weighted by Gasteiger charge is -2.34. The summed E-state index contributed by atoms with van der Waals surface area (Å²) in [5.74, 6) is 0.812. The van der Waals surface area contributed by atoms with Gasteiger partial charge in [-0.3, -0.25) is 0 Å². The Labute approximate surface area is 141 Å². The average molecular weight is 322 g/mol. The number of benzene rings is 1. The summed E-state index contributed by atoms with van der Waals surface area (Å²) < 4.78 is 1.80. The minimum absolute atomic E-state index is 0.812. The highest BCUT2D eigenvalue weighted by Gasteiger charge is 2.13. The molecule has 0 radical (unpaired) electrons. The third-order valence-electron chi connectivity index (χ3n) is 4.45. The van der Waals surface area contributed by atoms with Gasteiger partial charge in [-0.1, -0.05) is 0 Å². The molecule has 0 atom stereocenters. The number of imidazole rings is 1. The van der Waals surface area contributed by atoms with Crippen LogP contribution in [0, 0.1) is 6.92 Å². The van der Waals surface area contributed by atoms with E-state index in [0.717, 1.165) is 49.0 Å². The predicted molar refractivity (Wildman–Crippen MR) is 97.2 cm³/mol. The lowest BCUT2D eigenvalue weighted by Crippen LogP contribution is -2.44. The van der Waals surface area contributed by atoms with Crippen LogP contribution in [0.5, 0.6) is 0 Å². The molecule has 1 aromatic carbocycles. The molecular weight excluding hydrogens is 300 g/mol. The molecule has 0 saturated carbocycles. The summed E-state index contributed by atoms with van der Waals surface area (Å²) in [5, 5.41) is 7.90. The molecule has 3 heterocycles. The molecule has 0 spiro atoms. The molecule has 6 nitrogen and oxygen atoms in total. The zero-order valence-corrected chi connectivity index (χ0v) is 14.1. The number of hydrogen-bond donors (Lipinski definition) is 1. The highest BCUT2D eigenvalue weighted by atomic mass is 15.3. The van der Waals surface area contributed by atoms with E-state index in [9.17, 15) is 0 Å². The molecule has 0 unspecified atom stereocenters. The maximum Gasteiger partial charge on any atom is 0.153 e. The van der Waals surface area contributed by atoms with Crippen LogP contribution in [0.15, 0.2) is 42.6 Å². The Morgan fingerprint density at radius 1 is 0.958 bits per heavy atom. The van der Waals surface area contributed by atoms with Gasteiger partial charge in [-0.25, -0.2) is 9.50 Å². The summed E-state index contributed by atoms with van der Waals surface area (Å²) >= 11 is 0. The number of aromatic nitrogens is 3. The Hall–Kier alpha value is -2.60. The highest BCUT2D eigenvalue weighted by Crippen LogP contribution is 2.21. The van der Waals surface area contributed by atoms with Crippen molar-refractivity contribution in [1.82, 2.24) is 19.5 Å². The van der Waals surface area contributed by atoms with Crippen molar-refractivity contribution in [2.45, 2.75) is 6.92 Å². The zero-order valence-electron chi connectivity index (χ0n) is 14.1. The van der Waals surface area contributed by atoms with Gasteiger partial charge in [0, 0.05) is 37.6 Å². The molecule has 6 heteroatoms. The molecule has 2 aromatic heterocycles. The minimum Gasteiger partial charge on any atom is -0.369 e. The van der Waals surface area contributed by atoms with Crippen molar-refractivity contribution in [2.75, 3.05) is 43.4 Å². The van der Waals surface area contributed by atoms with E-state index in [2.05, 4.69) is 56.5 Å². The van der Waals surface area contributed by atoms with Gasteiger partial charge in [0.25, 0.3) is 0 Å². The Kier molecular flexibility index (Phi) is 3.82. The van der Waals surface area contributed by atoms with E-state index in [-0.39, 0.29) is 0 Å². The smallest absolute Gasteiger partial charge is 0.153 e. The zero-order chi connectivity index (χ0) is 16.5. The van der Waals surface area contributed by atoms with Crippen LogP contribution in [0.3, 0.4) is 0 Å². The fourth-order valence-corrected chi connectivity index (χ4v) is 3.04. The van der Waals surface area contributed by atoms with Gasteiger partial charge in [-0.2, -0.15) is 0 Å². The predicted octanol–water partition coefficient (Wildman–Crippen LogP) is 2.53. The molecule has 0 bridgehead atoms. The van der Waals surface area contributed by atoms with Gasteiger partial charge >= 0.3 is 0 Å². The van der Waals surface area contributed by atoms with Crippen LogP contribution in [0.25, 0.3) is 5.65 Å². The van der Waals surface area contributed by atoms with Crippen LogP contribution < -0.4 is 10.2 Å². The van der Waals surface area contributed by atoms with Crippen molar-refractivity contribution in [2.24, 2.45) is 0 Å². The van der Waals surface area contributed by atoms with Crippen LogP contribution in [-0.2, 0) is 0 Å². The van der Waals surface area contributed by atoms with Crippen LogP contribution in [0.1, 0.15) is 5.69 Å². The Morgan fingerprint density at radius 2 is 1.71 bits per heavy atom. The summed E-state index contributed by atoms with van der Waals surface area (Å²) in [7, 11) is 2.18. The van der Waals surface area contributed by atoms with Gasteiger partial charge in [0.05, 0.1) is 11.9 Å². The second-order valence-electron chi connectivity index (χ2n) is 6.37. The SMILES string of the molecule is Cc1cn2nc(Nc3ccc(N4CCN(C)CC4)cc3)ccc2n1. The Bertz CT molecular complexity index is 830. The van der Waals surface area contributed by atoms with Crippen molar-refractivity contribution in [3.05, 3.63) is 48.3 Å². The topological polar surface area (TPSA) is 48.7 Å². The summed E-state index contributed by atoms with van der Waals surface area (Å²) in [5.41, 5.74) is 4.15. The summed E-state index contributed by atoms with van der Waals surface area (Å²) in [6.07, 6.45) is 1.93. The summed E-state index contributed by atoms with van der Waals surface area (Å²) in [4.78, 5) is 9.19. The fraction of sp³-hybridized carbons (Fsp3) is 0.333. The molecule has 1 aliphatic rings. The largest absolute Gasteiger partial charge is 0.369 e. The van der Waals surface area contributed by atoms with Gasteiger partial charge in [-0.15, -0.1) is 5.10 Å². The molecule has 1 aliphatic heterocycles. The fourth-order valence-electron chi connectivity index (χ4n) is 3.04. The molecule has 4 rings (SSSR count). The first-order valence-electron chi connectivity index (χ1n) is 8.31. The lowest BCUT2D eigenvalue weighted by molar-refractivity contribution is 0.313. The van der Waals surface area contributed by atoms with E-state index >= 15 is 0 Å². The maximum absolute atomic E-state index is 4.54. The van der Waals surface area contributed by atoms with Gasteiger partial charge in [0.2, 0.25) is 0 Å². The second-order valence-corrected chi connectivity index (χ2v) is 6.37. The summed E-state index contributed by atoms with van der Waals surface area (Å²) in [6, 6.07) is 12.5. The molecule has 0 amide bonds. The molecule has 0 aliphatic carbocycles. The van der Waals surface area contributed by atoms with Gasteiger partial charge in [0.15, 0.2) is 11.5 Å².